The summed E-state index contributed by atoms with van der Waals surface area (Å²) in [5.41, 5.74) is 3.33. The van der Waals surface area contributed by atoms with Gasteiger partial charge in [0, 0.05) is 24.2 Å². The smallest absolute Gasteiger partial charge is 0.137 e. The van der Waals surface area contributed by atoms with Gasteiger partial charge in [-0.3, -0.25) is 9.98 Å². The van der Waals surface area contributed by atoms with Crippen molar-refractivity contribution in [2.24, 2.45) is 4.99 Å². The third kappa shape index (κ3) is 1.41. The molecular formula is C10H12N2O. The van der Waals surface area contributed by atoms with E-state index in [4.69, 9.17) is 4.74 Å². The van der Waals surface area contributed by atoms with E-state index in [1.54, 1.807) is 13.3 Å². The normalized spacial score (nSPS) is 14.8. The van der Waals surface area contributed by atoms with Gasteiger partial charge in [0.25, 0.3) is 0 Å². The second-order valence-corrected chi connectivity index (χ2v) is 3.09. The Morgan fingerprint density at radius 2 is 2.31 bits per heavy atom. The molecule has 0 amide bonds. The van der Waals surface area contributed by atoms with E-state index in [1.807, 2.05) is 13.0 Å². The molecule has 0 saturated carbocycles. The van der Waals surface area contributed by atoms with Crippen LogP contribution in [0.4, 0.5) is 0 Å². The minimum atomic E-state index is 0.801. The van der Waals surface area contributed by atoms with Gasteiger partial charge in [0.05, 0.1) is 19.0 Å². The summed E-state index contributed by atoms with van der Waals surface area (Å²) in [5, 5.41) is 0. The largest absolute Gasteiger partial charge is 0.495 e. The Kier molecular flexibility index (Phi) is 2.00. The molecule has 0 aromatic carbocycles. The molecule has 68 valence electrons. The Morgan fingerprint density at radius 3 is 3.08 bits per heavy atom. The SMILES string of the molecule is COc1cnc2c(c1)C(C)=NCC2. The van der Waals surface area contributed by atoms with Gasteiger partial charge < -0.3 is 4.74 Å². The standard InChI is InChI=1S/C10H12N2O/c1-7-9-5-8(13-2)6-12-10(9)3-4-11-7/h5-6H,3-4H2,1-2H3. The maximum atomic E-state index is 5.11. The molecule has 3 heteroatoms. The van der Waals surface area contributed by atoms with Crippen molar-refractivity contribution < 1.29 is 4.74 Å². The number of aromatic nitrogens is 1. The Balaban J connectivity index is 2.50. The lowest BCUT2D eigenvalue weighted by Gasteiger charge is -2.13. The van der Waals surface area contributed by atoms with E-state index in [-0.39, 0.29) is 0 Å². The number of ether oxygens (including phenoxy) is 1. The van der Waals surface area contributed by atoms with Gasteiger partial charge in [0.1, 0.15) is 5.75 Å². The Bertz CT molecular complexity index is 358. The predicted molar refractivity (Wildman–Crippen MR) is 51.6 cm³/mol. The van der Waals surface area contributed by atoms with E-state index in [2.05, 4.69) is 9.98 Å². The van der Waals surface area contributed by atoms with Crippen LogP contribution in [0.5, 0.6) is 5.75 Å². The van der Waals surface area contributed by atoms with Gasteiger partial charge in [0.2, 0.25) is 0 Å². The molecular weight excluding hydrogens is 164 g/mol. The molecule has 2 heterocycles. The van der Waals surface area contributed by atoms with Crippen LogP contribution >= 0.6 is 0 Å². The number of hydrogen-bond acceptors (Lipinski definition) is 3. The van der Waals surface area contributed by atoms with Crippen molar-refractivity contribution in [3.8, 4) is 5.75 Å². The van der Waals surface area contributed by atoms with Gasteiger partial charge >= 0.3 is 0 Å². The first-order valence-electron chi connectivity index (χ1n) is 4.35. The highest BCUT2D eigenvalue weighted by molar-refractivity contribution is 6.00. The monoisotopic (exact) mass is 176 g/mol. The summed E-state index contributed by atoms with van der Waals surface area (Å²) >= 11 is 0. The molecule has 0 N–H and O–H groups in total. The highest BCUT2D eigenvalue weighted by Crippen LogP contribution is 2.18. The fourth-order valence-corrected chi connectivity index (χ4v) is 1.51. The molecule has 0 saturated heterocycles. The molecule has 0 unspecified atom stereocenters. The van der Waals surface area contributed by atoms with Crippen molar-refractivity contribution in [2.45, 2.75) is 13.3 Å². The third-order valence-corrected chi connectivity index (χ3v) is 2.27. The predicted octanol–water partition coefficient (Wildman–Crippen LogP) is 1.46. The minimum Gasteiger partial charge on any atom is -0.495 e. The average molecular weight is 176 g/mol. The highest BCUT2D eigenvalue weighted by Gasteiger charge is 2.12. The lowest BCUT2D eigenvalue weighted by atomic mass is 10.0. The summed E-state index contributed by atoms with van der Waals surface area (Å²) in [6.45, 7) is 2.87. The fourth-order valence-electron chi connectivity index (χ4n) is 1.51. The fraction of sp³-hybridized carbons (Fsp3) is 0.400. The summed E-state index contributed by atoms with van der Waals surface area (Å²) in [5.74, 6) is 0.801. The van der Waals surface area contributed by atoms with E-state index in [0.717, 1.165) is 35.7 Å². The third-order valence-electron chi connectivity index (χ3n) is 2.27. The summed E-state index contributed by atoms with van der Waals surface area (Å²) in [6, 6.07) is 2.00. The number of rotatable bonds is 1. The molecule has 3 nitrogen and oxygen atoms in total. The molecule has 1 aliphatic rings. The van der Waals surface area contributed by atoms with Gasteiger partial charge in [-0.2, -0.15) is 0 Å². The lowest BCUT2D eigenvalue weighted by molar-refractivity contribution is 0.412. The maximum Gasteiger partial charge on any atom is 0.137 e. The van der Waals surface area contributed by atoms with Crippen LogP contribution in [0.2, 0.25) is 0 Å². The first-order chi connectivity index (χ1) is 6.31. The Morgan fingerprint density at radius 1 is 1.46 bits per heavy atom. The van der Waals surface area contributed by atoms with Gasteiger partial charge in [-0.25, -0.2) is 0 Å². The molecule has 0 bridgehead atoms. The van der Waals surface area contributed by atoms with Crippen LogP contribution in [0.3, 0.4) is 0 Å². The molecule has 0 aliphatic carbocycles. The van der Waals surface area contributed by atoms with E-state index in [0.29, 0.717) is 0 Å². The number of hydrogen-bond donors (Lipinski definition) is 0. The Hall–Kier alpha value is -1.38. The first-order valence-corrected chi connectivity index (χ1v) is 4.35. The van der Waals surface area contributed by atoms with Crippen LogP contribution in [-0.2, 0) is 6.42 Å². The molecule has 0 radical (unpaired) electrons. The van der Waals surface area contributed by atoms with Crippen LogP contribution in [-0.4, -0.2) is 24.4 Å². The van der Waals surface area contributed by atoms with Crippen molar-refractivity contribution >= 4 is 5.71 Å². The van der Waals surface area contributed by atoms with Gasteiger partial charge in [0.15, 0.2) is 0 Å². The molecule has 0 spiro atoms. The second kappa shape index (κ2) is 3.17. The highest BCUT2D eigenvalue weighted by atomic mass is 16.5. The van der Waals surface area contributed by atoms with Crippen molar-refractivity contribution in [3.05, 3.63) is 23.5 Å². The molecule has 2 rings (SSSR count). The van der Waals surface area contributed by atoms with Crippen LogP contribution in [0.1, 0.15) is 18.2 Å². The van der Waals surface area contributed by atoms with Crippen LogP contribution in [0.25, 0.3) is 0 Å². The second-order valence-electron chi connectivity index (χ2n) is 3.09. The van der Waals surface area contributed by atoms with Crippen molar-refractivity contribution in [1.29, 1.82) is 0 Å². The number of methoxy groups -OCH3 is 1. The summed E-state index contributed by atoms with van der Waals surface area (Å²) < 4.78 is 5.11. The van der Waals surface area contributed by atoms with E-state index in [9.17, 15) is 0 Å². The Labute approximate surface area is 77.5 Å². The topological polar surface area (TPSA) is 34.5 Å². The summed E-state index contributed by atoms with van der Waals surface area (Å²) in [6.07, 6.45) is 2.70. The zero-order chi connectivity index (χ0) is 9.26. The number of aliphatic imine (C=N–C) groups is 1. The molecule has 0 atom stereocenters. The zero-order valence-electron chi connectivity index (χ0n) is 7.87. The molecule has 0 fully saturated rings. The quantitative estimate of drug-likeness (QED) is 0.649. The van der Waals surface area contributed by atoms with Crippen LogP contribution in [0.15, 0.2) is 17.3 Å². The lowest BCUT2D eigenvalue weighted by Crippen LogP contribution is -2.11. The number of nitrogens with zero attached hydrogens (tertiary/aromatic N) is 2. The summed E-state index contributed by atoms with van der Waals surface area (Å²) in [4.78, 5) is 8.70. The maximum absolute atomic E-state index is 5.11. The number of pyridine rings is 1. The molecule has 1 aromatic rings. The van der Waals surface area contributed by atoms with Gasteiger partial charge in [-0.05, 0) is 13.0 Å². The first kappa shape index (κ1) is 8.23. The van der Waals surface area contributed by atoms with Crippen molar-refractivity contribution in [3.63, 3.8) is 0 Å². The number of fused-ring (bicyclic) bond motifs is 1. The van der Waals surface area contributed by atoms with Crippen molar-refractivity contribution in [1.82, 2.24) is 4.98 Å². The molecule has 1 aliphatic heterocycles. The van der Waals surface area contributed by atoms with Crippen LogP contribution < -0.4 is 4.74 Å². The minimum absolute atomic E-state index is 0.801. The summed E-state index contributed by atoms with van der Waals surface area (Å²) in [7, 11) is 1.65. The van der Waals surface area contributed by atoms with Crippen molar-refractivity contribution in [2.75, 3.05) is 13.7 Å². The van der Waals surface area contributed by atoms with Gasteiger partial charge in [-0.1, -0.05) is 0 Å². The van der Waals surface area contributed by atoms with E-state index in [1.165, 1.54) is 0 Å². The zero-order valence-corrected chi connectivity index (χ0v) is 7.87. The molecule has 13 heavy (non-hydrogen) atoms. The van der Waals surface area contributed by atoms with Crippen LogP contribution in [0, 0.1) is 0 Å². The van der Waals surface area contributed by atoms with E-state index >= 15 is 0 Å². The average Bonchev–Trinajstić information content (AvgIpc) is 2.18. The van der Waals surface area contributed by atoms with Gasteiger partial charge in [-0.15, -0.1) is 0 Å². The van der Waals surface area contributed by atoms with E-state index < -0.39 is 0 Å². The molecule has 1 aromatic heterocycles.